The Morgan fingerprint density at radius 2 is 2.21 bits per heavy atom. The van der Waals surface area contributed by atoms with Crippen LogP contribution in [0.15, 0.2) is 22.7 Å². The predicted molar refractivity (Wildman–Crippen MR) is 75.4 cm³/mol. The molecule has 5 nitrogen and oxygen atoms in total. The highest BCUT2D eigenvalue weighted by atomic mass is 79.9. The largest absolute Gasteiger partial charge is 0.478 e. The maximum absolute atomic E-state index is 11.7. The summed E-state index contributed by atoms with van der Waals surface area (Å²) < 4.78 is 0.547. The number of halogens is 1. The number of carboxylic acids is 1. The summed E-state index contributed by atoms with van der Waals surface area (Å²) in [6.07, 6.45) is 2.10. The Kier molecular flexibility index (Phi) is 4.09. The lowest BCUT2D eigenvalue weighted by Gasteiger charge is -2.09. The number of benzene rings is 1. The van der Waals surface area contributed by atoms with Crippen LogP contribution >= 0.6 is 15.9 Å². The summed E-state index contributed by atoms with van der Waals surface area (Å²) in [6, 6.07) is 4.49. The van der Waals surface area contributed by atoms with Gasteiger partial charge in [-0.2, -0.15) is 0 Å². The molecule has 0 spiro atoms. The number of carbonyl (C=O) groups is 2. The van der Waals surface area contributed by atoms with Gasteiger partial charge >= 0.3 is 12.0 Å². The van der Waals surface area contributed by atoms with Gasteiger partial charge in [-0.25, -0.2) is 9.59 Å². The lowest BCUT2D eigenvalue weighted by atomic mass is 10.2. The van der Waals surface area contributed by atoms with Crippen molar-refractivity contribution >= 4 is 33.6 Å². The minimum atomic E-state index is -1.000. The third-order valence-electron chi connectivity index (χ3n) is 3.23. The van der Waals surface area contributed by atoms with Gasteiger partial charge < -0.3 is 15.7 Å². The third-order valence-corrected chi connectivity index (χ3v) is 3.88. The Morgan fingerprint density at radius 3 is 2.74 bits per heavy atom. The van der Waals surface area contributed by atoms with Gasteiger partial charge in [-0.15, -0.1) is 0 Å². The first-order chi connectivity index (χ1) is 9.01. The molecule has 19 heavy (non-hydrogen) atoms. The smallest absolute Gasteiger partial charge is 0.335 e. The van der Waals surface area contributed by atoms with Crippen LogP contribution in [0.25, 0.3) is 0 Å². The lowest BCUT2D eigenvalue weighted by Crippen LogP contribution is -2.31. The number of hydrogen-bond donors (Lipinski definition) is 3. The molecule has 0 bridgehead atoms. The molecule has 2 rings (SSSR count). The second kappa shape index (κ2) is 5.61. The molecule has 2 unspecified atom stereocenters. The monoisotopic (exact) mass is 326 g/mol. The number of urea groups is 1. The zero-order valence-electron chi connectivity index (χ0n) is 10.4. The molecule has 0 aliphatic heterocycles. The van der Waals surface area contributed by atoms with Gasteiger partial charge in [0.2, 0.25) is 0 Å². The first-order valence-corrected chi connectivity index (χ1v) is 6.91. The Morgan fingerprint density at radius 1 is 1.47 bits per heavy atom. The van der Waals surface area contributed by atoms with Crippen molar-refractivity contribution in [2.45, 2.75) is 25.8 Å². The molecule has 1 fully saturated rings. The summed E-state index contributed by atoms with van der Waals surface area (Å²) in [5, 5.41) is 14.4. The second-order valence-corrected chi connectivity index (χ2v) is 5.46. The fourth-order valence-corrected chi connectivity index (χ4v) is 2.43. The molecule has 1 aliphatic rings. The number of carbonyl (C=O) groups excluding carboxylic acids is 1. The molecule has 1 aliphatic carbocycles. The van der Waals surface area contributed by atoms with E-state index in [1.165, 1.54) is 12.1 Å². The molecule has 0 saturated heterocycles. The SMILES string of the molecule is CCC1CC1NC(=O)Nc1ccc(C(=O)O)cc1Br. The fourth-order valence-electron chi connectivity index (χ4n) is 1.95. The molecule has 102 valence electrons. The van der Waals surface area contributed by atoms with Gasteiger partial charge in [0.05, 0.1) is 11.3 Å². The van der Waals surface area contributed by atoms with E-state index in [9.17, 15) is 9.59 Å². The first kappa shape index (κ1) is 13.9. The zero-order valence-corrected chi connectivity index (χ0v) is 12.0. The highest BCUT2D eigenvalue weighted by molar-refractivity contribution is 9.10. The summed E-state index contributed by atoms with van der Waals surface area (Å²) in [7, 11) is 0. The number of amides is 2. The van der Waals surface area contributed by atoms with Crippen molar-refractivity contribution in [3.63, 3.8) is 0 Å². The molecule has 2 atom stereocenters. The molecule has 3 N–H and O–H groups in total. The molecular weight excluding hydrogens is 312 g/mol. The van der Waals surface area contributed by atoms with Gasteiger partial charge in [0.1, 0.15) is 0 Å². The molecule has 1 aromatic rings. The normalized spacial score (nSPS) is 20.7. The van der Waals surface area contributed by atoms with E-state index in [0.717, 1.165) is 12.8 Å². The van der Waals surface area contributed by atoms with Crippen LogP contribution in [0.4, 0.5) is 10.5 Å². The Hall–Kier alpha value is -1.56. The van der Waals surface area contributed by atoms with E-state index in [0.29, 0.717) is 16.1 Å². The van der Waals surface area contributed by atoms with Crippen LogP contribution in [0.3, 0.4) is 0 Å². The van der Waals surface area contributed by atoms with Crippen molar-refractivity contribution in [3.8, 4) is 0 Å². The molecule has 0 aromatic heterocycles. The summed E-state index contributed by atoms with van der Waals surface area (Å²) in [5.41, 5.74) is 0.724. The van der Waals surface area contributed by atoms with Crippen molar-refractivity contribution in [1.29, 1.82) is 0 Å². The Bertz CT molecular complexity index is 519. The number of anilines is 1. The fraction of sp³-hybridized carbons (Fsp3) is 0.385. The van der Waals surface area contributed by atoms with Gasteiger partial charge in [0.15, 0.2) is 0 Å². The average molecular weight is 327 g/mol. The summed E-state index contributed by atoms with van der Waals surface area (Å²) in [4.78, 5) is 22.5. The number of nitrogens with one attached hydrogen (secondary N) is 2. The molecule has 0 heterocycles. The Labute approximate surface area is 119 Å². The molecule has 1 aromatic carbocycles. The van der Waals surface area contributed by atoms with E-state index >= 15 is 0 Å². The van der Waals surface area contributed by atoms with Crippen LogP contribution in [-0.2, 0) is 0 Å². The first-order valence-electron chi connectivity index (χ1n) is 6.11. The van der Waals surface area contributed by atoms with Crippen LogP contribution in [0.5, 0.6) is 0 Å². The molecule has 2 amide bonds. The zero-order chi connectivity index (χ0) is 14.0. The van der Waals surface area contributed by atoms with Gasteiger partial charge in [0.25, 0.3) is 0 Å². The van der Waals surface area contributed by atoms with Crippen LogP contribution in [0, 0.1) is 5.92 Å². The predicted octanol–water partition coefficient (Wildman–Crippen LogP) is 3.07. The number of aromatic carboxylic acids is 1. The summed E-state index contributed by atoms with van der Waals surface area (Å²) in [5.74, 6) is -0.413. The third kappa shape index (κ3) is 3.47. The van der Waals surface area contributed by atoms with Crippen LogP contribution in [-0.4, -0.2) is 23.1 Å². The Balaban J connectivity index is 1.95. The molecule has 6 heteroatoms. The number of carboxylic acid groups (broad SMARTS) is 1. The minimum absolute atomic E-state index is 0.172. The molecule has 0 radical (unpaired) electrons. The van der Waals surface area contributed by atoms with Gasteiger partial charge in [-0.05, 0) is 46.5 Å². The molecular formula is C13H15BrN2O3. The summed E-state index contributed by atoms with van der Waals surface area (Å²) >= 11 is 3.25. The highest BCUT2D eigenvalue weighted by Gasteiger charge is 2.36. The van der Waals surface area contributed by atoms with Gasteiger partial charge in [-0.1, -0.05) is 13.3 Å². The van der Waals surface area contributed by atoms with Crippen molar-refractivity contribution < 1.29 is 14.7 Å². The second-order valence-electron chi connectivity index (χ2n) is 4.61. The lowest BCUT2D eigenvalue weighted by molar-refractivity contribution is 0.0697. The van der Waals surface area contributed by atoms with Crippen molar-refractivity contribution in [3.05, 3.63) is 28.2 Å². The van der Waals surface area contributed by atoms with E-state index in [-0.39, 0.29) is 17.6 Å². The van der Waals surface area contributed by atoms with E-state index in [2.05, 4.69) is 33.5 Å². The topological polar surface area (TPSA) is 78.4 Å². The number of rotatable bonds is 4. The van der Waals surface area contributed by atoms with Gasteiger partial charge in [-0.3, -0.25) is 0 Å². The maximum atomic E-state index is 11.7. The van der Waals surface area contributed by atoms with Gasteiger partial charge in [0, 0.05) is 10.5 Å². The average Bonchev–Trinajstić information content (AvgIpc) is 3.09. The van der Waals surface area contributed by atoms with E-state index in [1.54, 1.807) is 6.07 Å². The van der Waals surface area contributed by atoms with Crippen LogP contribution < -0.4 is 10.6 Å². The van der Waals surface area contributed by atoms with Crippen LogP contribution in [0.2, 0.25) is 0 Å². The minimum Gasteiger partial charge on any atom is -0.478 e. The van der Waals surface area contributed by atoms with E-state index < -0.39 is 5.97 Å². The van der Waals surface area contributed by atoms with Crippen LogP contribution in [0.1, 0.15) is 30.1 Å². The number of hydrogen-bond acceptors (Lipinski definition) is 2. The maximum Gasteiger partial charge on any atom is 0.335 e. The van der Waals surface area contributed by atoms with E-state index in [4.69, 9.17) is 5.11 Å². The summed E-state index contributed by atoms with van der Waals surface area (Å²) in [6.45, 7) is 2.10. The van der Waals surface area contributed by atoms with Crippen molar-refractivity contribution in [2.75, 3.05) is 5.32 Å². The quantitative estimate of drug-likeness (QED) is 0.795. The van der Waals surface area contributed by atoms with E-state index in [1.807, 2.05) is 0 Å². The molecule has 1 saturated carbocycles. The standard InChI is InChI=1S/C13H15BrN2O3/c1-2-7-6-11(7)16-13(19)15-10-4-3-8(12(17)18)5-9(10)14/h3-5,7,11H,2,6H2,1H3,(H,17,18)(H2,15,16,19). The highest BCUT2D eigenvalue weighted by Crippen LogP contribution is 2.33. The van der Waals surface area contributed by atoms with Crippen molar-refractivity contribution in [2.24, 2.45) is 5.92 Å². The van der Waals surface area contributed by atoms with Crippen molar-refractivity contribution in [1.82, 2.24) is 5.32 Å².